The van der Waals surface area contributed by atoms with E-state index in [1.807, 2.05) is 18.2 Å². The molecule has 6 nitrogen and oxygen atoms in total. The average Bonchev–Trinajstić information content (AvgIpc) is 3.20. The van der Waals surface area contributed by atoms with E-state index in [-0.39, 0.29) is 22.3 Å². The van der Waals surface area contributed by atoms with E-state index >= 15 is 0 Å². The minimum atomic E-state index is -0.452. The number of furan rings is 1. The van der Waals surface area contributed by atoms with Crippen LogP contribution >= 0.6 is 12.2 Å². The minimum Gasteiger partial charge on any atom is -0.451 e. The highest BCUT2D eigenvalue weighted by molar-refractivity contribution is 7.80. The Balaban J connectivity index is 1.34. The fourth-order valence-electron chi connectivity index (χ4n) is 2.86. The summed E-state index contributed by atoms with van der Waals surface area (Å²) in [5, 5.41) is 9.11. The van der Waals surface area contributed by atoms with Crippen molar-refractivity contribution in [2.24, 2.45) is 0 Å². The maximum Gasteiger partial charge on any atom is 0.291 e. The van der Waals surface area contributed by atoms with Gasteiger partial charge in [-0.3, -0.25) is 14.9 Å². The van der Waals surface area contributed by atoms with Crippen LogP contribution in [0.2, 0.25) is 0 Å². The Morgan fingerprint density at radius 2 is 1.45 bits per heavy atom. The number of thiocarbonyl (C=S) groups is 1. The summed E-state index contributed by atoms with van der Waals surface area (Å²) in [5.41, 5.74) is 2.11. The molecule has 0 spiro atoms. The van der Waals surface area contributed by atoms with Gasteiger partial charge in [-0.25, -0.2) is 4.39 Å². The second-order valence-electron chi connectivity index (χ2n) is 6.60. The lowest BCUT2D eigenvalue weighted by atomic mass is 10.2. The molecule has 0 unspecified atom stereocenters. The van der Waals surface area contributed by atoms with Gasteiger partial charge >= 0.3 is 0 Å². The van der Waals surface area contributed by atoms with Crippen LogP contribution in [0.3, 0.4) is 0 Å². The van der Waals surface area contributed by atoms with Crippen LogP contribution in [-0.2, 0) is 0 Å². The normalized spacial score (nSPS) is 10.5. The number of halogens is 1. The van der Waals surface area contributed by atoms with E-state index in [9.17, 15) is 14.0 Å². The van der Waals surface area contributed by atoms with Crippen molar-refractivity contribution >= 4 is 51.5 Å². The summed E-state index contributed by atoms with van der Waals surface area (Å²) in [6, 6.07) is 21.0. The predicted molar refractivity (Wildman–Crippen MR) is 121 cm³/mol. The van der Waals surface area contributed by atoms with Crippen molar-refractivity contribution in [1.82, 2.24) is 5.32 Å². The monoisotopic (exact) mass is 433 g/mol. The Bertz CT molecular complexity index is 1230. The maximum absolute atomic E-state index is 13.0. The number of rotatable bonds is 4. The number of nitrogens with one attached hydrogen (secondary N) is 3. The lowest BCUT2D eigenvalue weighted by Crippen LogP contribution is -2.34. The Hall–Kier alpha value is -4.04. The fraction of sp³-hybridized carbons (Fsp3) is 0. The average molecular weight is 433 g/mol. The van der Waals surface area contributed by atoms with Crippen LogP contribution in [-0.4, -0.2) is 16.9 Å². The summed E-state index contributed by atoms with van der Waals surface area (Å²) >= 11 is 5.14. The van der Waals surface area contributed by atoms with E-state index in [0.717, 1.165) is 5.39 Å². The molecule has 4 rings (SSSR count). The maximum atomic E-state index is 13.0. The van der Waals surface area contributed by atoms with Gasteiger partial charge < -0.3 is 15.1 Å². The van der Waals surface area contributed by atoms with Crippen molar-refractivity contribution in [3.63, 3.8) is 0 Å². The highest BCUT2D eigenvalue weighted by Gasteiger charge is 2.12. The highest BCUT2D eigenvalue weighted by atomic mass is 32.1. The first-order valence-corrected chi connectivity index (χ1v) is 9.67. The van der Waals surface area contributed by atoms with Crippen molar-refractivity contribution in [2.75, 3.05) is 10.6 Å². The Kier molecular flexibility index (Phi) is 5.72. The van der Waals surface area contributed by atoms with Crippen molar-refractivity contribution in [3.8, 4) is 0 Å². The van der Waals surface area contributed by atoms with E-state index in [2.05, 4.69) is 16.0 Å². The number of hydrogen-bond acceptors (Lipinski definition) is 4. The molecule has 31 heavy (non-hydrogen) atoms. The van der Waals surface area contributed by atoms with Gasteiger partial charge in [-0.1, -0.05) is 18.2 Å². The molecule has 4 aromatic rings. The van der Waals surface area contributed by atoms with E-state index < -0.39 is 11.7 Å². The lowest BCUT2D eigenvalue weighted by molar-refractivity contribution is 0.0975. The van der Waals surface area contributed by atoms with Gasteiger partial charge in [-0.2, -0.15) is 0 Å². The predicted octanol–water partition coefficient (Wildman–Crippen LogP) is 4.95. The third-order valence-corrected chi connectivity index (χ3v) is 4.59. The summed E-state index contributed by atoms with van der Waals surface area (Å²) in [7, 11) is 0. The van der Waals surface area contributed by atoms with E-state index in [0.29, 0.717) is 17.0 Å². The molecule has 154 valence electrons. The van der Waals surface area contributed by atoms with Crippen LogP contribution in [0.25, 0.3) is 11.0 Å². The molecular formula is C23H16FN3O3S. The molecule has 0 aliphatic carbocycles. The molecule has 1 aromatic heterocycles. The van der Waals surface area contributed by atoms with Crippen molar-refractivity contribution in [3.05, 3.63) is 96.0 Å². The first-order chi connectivity index (χ1) is 15.0. The molecule has 0 atom stereocenters. The van der Waals surface area contributed by atoms with Gasteiger partial charge in [0.25, 0.3) is 11.8 Å². The van der Waals surface area contributed by atoms with Gasteiger partial charge in [0, 0.05) is 22.3 Å². The van der Waals surface area contributed by atoms with Gasteiger partial charge in [0.05, 0.1) is 0 Å². The Morgan fingerprint density at radius 3 is 2.13 bits per heavy atom. The van der Waals surface area contributed by atoms with Crippen LogP contribution in [0.15, 0.2) is 83.3 Å². The van der Waals surface area contributed by atoms with Crippen LogP contribution in [0.4, 0.5) is 15.8 Å². The number of para-hydroxylation sites is 1. The molecular weight excluding hydrogens is 417 g/mol. The molecule has 3 aromatic carbocycles. The summed E-state index contributed by atoms with van der Waals surface area (Å²) in [4.78, 5) is 24.5. The van der Waals surface area contributed by atoms with Gasteiger partial charge in [-0.05, 0) is 72.9 Å². The molecule has 0 aliphatic heterocycles. The molecule has 3 N–H and O–H groups in total. The molecule has 8 heteroatoms. The number of benzene rings is 3. The van der Waals surface area contributed by atoms with Gasteiger partial charge in [0.1, 0.15) is 11.4 Å². The van der Waals surface area contributed by atoms with Crippen LogP contribution in [0, 0.1) is 5.82 Å². The number of anilines is 2. The third kappa shape index (κ3) is 4.93. The van der Waals surface area contributed by atoms with E-state index in [1.54, 1.807) is 36.4 Å². The second-order valence-corrected chi connectivity index (χ2v) is 7.00. The van der Waals surface area contributed by atoms with Crippen molar-refractivity contribution in [2.45, 2.75) is 0 Å². The molecule has 2 amide bonds. The van der Waals surface area contributed by atoms with Crippen LogP contribution < -0.4 is 16.0 Å². The third-order valence-electron chi connectivity index (χ3n) is 4.38. The number of amides is 2. The van der Waals surface area contributed by atoms with Gasteiger partial charge in [0.2, 0.25) is 0 Å². The number of hydrogen-bond donors (Lipinski definition) is 3. The Morgan fingerprint density at radius 1 is 0.806 bits per heavy atom. The Labute approximate surface area is 182 Å². The molecule has 0 saturated heterocycles. The zero-order valence-corrected chi connectivity index (χ0v) is 16.8. The largest absolute Gasteiger partial charge is 0.451 e. The summed E-state index contributed by atoms with van der Waals surface area (Å²) in [6.07, 6.45) is 0. The SMILES string of the molecule is O=C(NC(=S)Nc1ccc(NC(=O)c2cc3ccccc3o2)cc1)c1ccc(F)cc1. The standard InChI is InChI=1S/C23H16FN3O3S/c24-16-7-5-14(6-8-16)21(28)27-23(31)26-18-11-9-17(10-12-18)25-22(29)20-13-15-3-1-2-4-19(15)30-20/h1-13H,(H,25,29)(H2,26,27,28,31). The number of fused-ring (bicyclic) bond motifs is 1. The van der Waals surface area contributed by atoms with Gasteiger partial charge in [0.15, 0.2) is 10.9 Å². The zero-order chi connectivity index (χ0) is 21.8. The minimum absolute atomic E-state index is 0.0911. The molecule has 0 bridgehead atoms. The van der Waals surface area contributed by atoms with E-state index in [1.165, 1.54) is 24.3 Å². The summed E-state index contributed by atoms with van der Waals surface area (Å²) < 4.78 is 18.5. The molecule has 1 heterocycles. The van der Waals surface area contributed by atoms with Gasteiger partial charge in [-0.15, -0.1) is 0 Å². The van der Waals surface area contributed by atoms with Crippen LogP contribution in [0.1, 0.15) is 20.9 Å². The number of carbonyl (C=O) groups is 2. The summed E-state index contributed by atoms with van der Waals surface area (Å²) in [6.45, 7) is 0. The van der Waals surface area contributed by atoms with Crippen molar-refractivity contribution < 1.29 is 18.4 Å². The molecule has 0 aliphatic rings. The van der Waals surface area contributed by atoms with Crippen LogP contribution in [0.5, 0.6) is 0 Å². The fourth-order valence-corrected chi connectivity index (χ4v) is 3.07. The molecule has 0 fully saturated rings. The van der Waals surface area contributed by atoms with E-state index in [4.69, 9.17) is 16.6 Å². The molecule has 0 saturated carbocycles. The quantitative estimate of drug-likeness (QED) is 0.397. The zero-order valence-electron chi connectivity index (χ0n) is 16.0. The number of carbonyl (C=O) groups excluding carboxylic acids is 2. The molecule has 0 radical (unpaired) electrons. The lowest BCUT2D eigenvalue weighted by Gasteiger charge is -2.10. The second kappa shape index (κ2) is 8.76. The first kappa shape index (κ1) is 20.2. The first-order valence-electron chi connectivity index (χ1n) is 9.26. The topological polar surface area (TPSA) is 83.4 Å². The summed E-state index contributed by atoms with van der Waals surface area (Å²) in [5.74, 6) is -1.02. The smallest absolute Gasteiger partial charge is 0.291 e. The van der Waals surface area contributed by atoms with Crippen molar-refractivity contribution in [1.29, 1.82) is 0 Å². The highest BCUT2D eigenvalue weighted by Crippen LogP contribution is 2.20.